The van der Waals surface area contributed by atoms with E-state index in [0.717, 1.165) is 34.0 Å². The highest BCUT2D eigenvalue weighted by Gasteiger charge is 2.12. The molecule has 0 aliphatic carbocycles. The molecule has 2 heterocycles. The Hall–Kier alpha value is -0.850. The Morgan fingerprint density at radius 3 is 2.95 bits per heavy atom. The molecule has 1 unspecified atom stereocenters. The summed E-state index contributed by atoms with van der Waals surface area (Å²) in [6, 6.07) is 2.15. The third kappa shape index (κ3) is 3.84. The van der Waals surface area contributed by atoms with Gasteiger partial charge in [0.1, 0.15) is 9.86 Å². The van der Waals surface area contributed by atoms with Crippen molar-refractivity contribution >= 4 is 39.3 Å². The molecule has 1 atom stereocenters. The average molecular weight is 311 g/mol. The zero-order chi connectivity index (χ0) is 14.5. The first kappa shape index (κ1) is 15.5. The number of hydrogen-bond donors (Lipinski definition) is 2. The molecule has 0 amide bonds. The third-order valence-electron chi connectivity index (χ3n) is 2.83. The molecular weight excluding hydrogens is 290 g/mol. The molecule has 0 bridgehead atoms. The molecule has 0 spiro atoms. The van der Waals surface area contributed by atoms with Crippen molar-refractivity contribution in [1.29, 1.82) is 0 Å². The fraction of sp³-hybridized carbons (Fsp3) is 0.571. The van der Waals surface area contributed by atoms with Crippen LogP contribution in [0.2, 0.25) is 0 Å². The van der Waals surface area contributed by atoms with Gasteiger partial charge in [-0.25, -0.2) is 9.97 Å². The van der Waals surface area contributed by atoms with Crippen LogP contribution in [0.5, 0.6) is 0 Å². The summed E-state index contributed by atoms with van der Waals surface area (Å²) < 4.78 is 0. The second-order valence-corrected chi connectivity index (χ2v) is 7.20. The number of anilines is 1. The van der Waals surface area contributed by atoms with Gasteiger partial charge in [0.05, 0.1) is 0 Å². The lowest BCUT2D eigenvalue weighted by Crippen LogP contribution is -2.06. The molecule has 2 aromatic rings. The van der Waals surface area contributed by atoms with E-state index in [1.165, 1.54) is 4.88 Å². The maximum Gasteiger partial charge on any atom is 0.225 e. The number of aryl methyl sites for hydroxylation is 1. The minimum atomic E-state index is 0.213. The molecule has 6 heteroatoms. The van der Waals surface area contributed by atoms with Gasteiger partial charge < -0.3 is 10.4 Å². The van der Waals surface area contributed by atoms with Gasteiger partial charge in [0, 0.05) is 29.2 Å². The summed E-state index contributed by atoms with van der Waals surface area (Å²) in [5.74, 6) is 1.85. The number of aromatic nitrogens is 2. The molecule has 0 aromatic carbocycles. The summed E-state index contributed by atoms with van der Waals surface area (Å²) in [6.07, 6.45) is 1.05. The number of rotatable bonds is 7. The lowest BCUT2D eigenvalue weighted by Gasteiger charge is -2.09. The standard InChI is InChI=1S/C14H21N3OS2/c1-4-5-15-14-16-12(19-8-9(2)7-18)11-6-10(3)20-13(11)17-14/h6,9,18H,4-5,7-8H2,1-3H3,(H,15,16,17). The third-order valence-corrected chi connectivity index (χ3v) is 5.10. The van der Waals surface area contributed by atoms with Crippen molar-refractivity contribution in [3.05, 3.63) is 10.9 Å². The van der Waals surface area contributed by atoms with Gasteiger partial charge in [-0.15, -0.1) is 23.1 Å². The van der Waals surface area contributed by atoms with E-state index in [2.05, 4.69) is 35.2 Å². The van der Waals surface area contributed by atoms with E-state index in [-0.39, 0.29) is 12.5 Å². The molecular formula is C14H21N3OS2. The molecule has 0 radical (unpaired) electrons. The van der Waals surface area contributed by atoms with Gasteiger partial charge in [-0.2, -0.15) is 0 Å². The molecule has 2 aromatic heterocycles. The highest BCUT2D eigenvalue weighted by Crippen LogP contribution is 2.32. The fourth-order valence-electron chi connectivity index (χ4n) is 1.72. The lowest BCUT2D eigenvalue weighted by molar-refractivity contribution is 0.250. The number of nitrogens with zero attached hydrogens (tertiary/aromatic N) is 2. The Labute approximate surface area is 128 Å². The molecule has 110 valence electrons. The summed E-state index contributed by atoms with van der Waals surface area (Å²) in [5.41, 5.74) is 0. The normalized spacial score (nSPS) is 12.8. The Balaban J connectivity index is 2.28. The predicted octanol–water partition coefficient (Wildman–Crippen LogP) is 3.54. The molecule has 0 saturated heterocycles. The van der Waals surface area contributed by atoms with Crippen molar-refractivity contribution in [3.8, 4) is 0 Å². The van der Waals surface area contributed by atoms with E-state index in [9.17, 15) is 0 Å². The van der Waals surface area contributed by atoms with E-state index in [4.69, 9.17) is 5.11 Å². The minimum absolute atomic E-state index is 0.213. The number of aliphatic hydroxyl groups is 1. The van der Waals surface area contributed by atoms with Gasteiger partial charge >= 0.3 is 0 Å². The van der Waals surface area contributed by atoms with Crippen LogP contribution >= 0.6 is 23.1 Å². The summed E-state index contributed by atoms with van der Waals surface area (Å²) in [4.78, 5) is 11.5. The van der Waals surface area contributed by atoms with Gasteiger partial charge in [-0.3, -0.25) is 0 Å². The van der Waals surface area contributed by atoms with Crippen molar-refractivity contribution in [1.82, 2.24) is 9.97 Å². The lowest BCUT2D eigenvalue weighted by atomic mass is 10.2. The van der Waals surface area contributed by atoms with Crippen molar-refractivity contribution in [3.63, 3.8) is 0 Å². The molecule has 4 nitrogen and oxygen atoms in total. The van der Waals surface area contributed by atoms with Gasteiger partial charge in [-0.05, 0) is 25.3 Å². The first-order valence-electron chi connectivity index (χ1n) is 6.89. The Morgan fingerprint density at radius 1 is 1.45 bits per heavy atom. The van der Waals surface area contributed by atoms with Crippen molar-refractivity contribution in [2.24, 2.45) is 5.92 Å². The molecule has 0 aliphatic rings. The predicted molar refractivity (Wildman–Crippen MR) is 87.9 cm³/mol. The van der Waals surface area contributed by atoms with Crippen LogP contribution in [0.25, 0.3) is 10.2 Å². The number of thiophene rings is 1. The smallest absolute Gasteiger partial charge is 0.225 e. The SMILES string of the molecule is CCCNc1nc(SCC(C)CO)c2cc(C)sc2n1. The van der Waals surface area contributed by atoms with Crippen molar-refractivity contribution in [2.75, 3.05) is 24.2 Å². The summed E-state index contributed by atoms with van der Waals surface area (Å²) in [6.45, 7) is 7.36. The zero-order valence-corrected chi connectivity index (χ0v) is 13.8. The molecule has 20 heavy (non-hydrogen) atoms. The van der Waals surface area contributed by atoms with Crippen LogP contribution in [0.3, 0.4) is 0 Å². The van der Waals surface area contributed by atoms with E-state index < -0.39 is 0 Å². The number of thioether (sulfide) groups is 1. The van der Waals surface area contributed by atoms with Crippen LogP contribution in [0.4, 0.5) is 5.95 Å². The highest BCUT2D eigenvalue weighted by atomic mass is 32.2. The van der Waals surface area contributed by atoms with Crippen LogP contribution in [0.1, 0.15) is 25.1 Å². The first-order chi connectivity index (χ1) is 9.63. The minimum Gasteiger partial charge on any atom is -0.396 e. The fourth-order valence-corrected chi connectivity index (χ4v) is 3.67. The van der Waals surface area contributed by atoms with Gasteiger partial charge in [0.2, 0.25) is 5.95 Å². The summed E-state index contributed by atoms with van der Waals surface area (Å²) >= 11 is 3.40. The second kappa shape index (κ2) is 7.24. The maximum atomic E-state index is 9.14. The zero-order valence-electron chi connectivity index (χ0n) is 12.1. The first-order valence-corrected chi connectivity index (χ1v) is 8.70. The highest BCUT2D eigenvalue weighted by molar-refractivity contribution is 7.99. The van der Waals surface area contributed by atoms with E-state index in [1.807, 2.05) is 6.92 Å². The van der Waals surface area contributed by atoms with E-state index in [1.54, 1.807) is 23.1 Å². The van der Waals surface area contributed by atoms with Crippen LogP contribution in [-0.2, 0) is 0 Å². The molecule has 0 aliphatic heterocycles. The number of fused-ring (bicyclic) bond motifs is 1. The summed E-state index contributed by atoms with van der Waals surface area (Å²) in [5, 5.41) is 14.5. The Bertz CT molecular complexity index is 571. The quantitative estimate of drug-likeness (QED) is 0.605. The van der Waals surface area contributed by atoms with Crippen LogP contribution in [0.15, 0.2) is 11.1 Å². The van der Waals surface area contributed by atoms with Crippen LogP contribution < -0.4 is 5.32 Å². The molecule has 2 N–H and O–H groups in total. The van der Waals surface area contributed by atoms with Gasteiger partial charge in [0.15, 0.2) is 0 Å². The van der Waals surface area contributed by atoms with Gasteiger partial charge in [0.25, 0.3) is 0 Å². The molecule has 2 rings (SSSR count). The second-order valence-electron chi connectivity index (χ2n) is 4.95. The summed E-state index contributed by atoms with van der Waals surface area (Å²) in [7, 11) is 0. The average Bonchev–Trinajstić information content (AvgIpc) is 2.82. The molecule has 0 fully saturated rings. The van der Waals surface area contributed by atoms with Crippen LogP contribution in [0, 0.1) is 12.8 Å². The topological polar surface area (TPSA) is 58.0 Å². The Morgan fingerprint density at radius 2 is 2.25 bits per heavy atom. The van der Waals surface area contributed by atoms with Crippen molar-refractivity contribution in [2.45, 2.75) is 32.2 Å². The van der Waals surface area contributed by atoms with Crippen molar-refractivity contribution < 1.29 is 5.11 Å². The Kier molecular flexibility index (Phi) is 5.63. The maximum absolute atomic E-state index is 9.14. The number of nitrogens with one attached hydrogen (secondary N) is 1. The monoisotopic (exact) mass is 311 g/mol. The molecule has 0 saturated carbocycles. The van der Waals surface area contributed by atoms with Crippen LogP contribution in [-0.4, -0.2) is 34.0 Å². The number of aliphatic hydroxyl groups excluding tert-OH is 1. The number of hydrogen-bond acceptors (Lipinski definition) is 6. The van der Waals surface area contributed by atoms with Gasteiger partial charge in [-0.1, -0.05) is 13.8 Å². The van der Waals surface area contributed by atoms with E-state index in [0.29, 0.717) is 5.95 Å². The van der Waals surface area contributed by atoms with E-state index >= 15 is 0 Å². The largest absolute Gasteiger partial charge is 0.396 e.